The number of urea groups is 1. The van der Waals surface area contributed by atoms with Crippen molar-refractivity contribution in [2.45, 2.75) is 13.5 Å². The summed E-state index contributed by atoms with van der Waals surface area (Å²) in [6.45, 7) is 3.48. The smallest absolute Gasteiger partial charge is 0.317 e. The van der Waals surface area contributed by atoms with Gasteiger partial charge in [-0.05, 0) is 18.4 Å². The van der Waals surface area contributed by atoms with Gasteiger partial charge in [0.1, 0.15) is 0 Å². The van der Waals surface area contributed by atoms with Gasteiger partial charge in [0.15, 0.2) is 0 Å². The number of nitrogens with one attached hydrogen (secondary N) is 1. The van der Waals surface area contributed by atoms with Crippen LogP contribution in [0, 0.1) is 11.8 Å². The van der Waals surface area contributed by atoms with Crippen LogP contribution in [0.4, 0.5) is 4.79 Å². The molecule has 5 heteroatoms. The first-order chi connectivity index (χ1) is 8.19. The normalized spacial score (nSPS) is 9.35. The van der Waals surface area contributed by atoms with Crippen LogP contribution < -0.4 is 11.1 Å². The Kier molecular flexibility index (Phi) is 5.53. The first-order valence-electron chi connectivity index (χ1n) is 5.43. The highest BCUT2D eigenvalue weighted by molar-refractivity contribution is 7.10. The van der Waals surface area contributed by atoms with Crippen LogP contribution in [0.15, 0.2) is 11.4 Å². The summed E-state index contributed by atoms with van der Waals surface area (Å²) in [4.78, 5) is 14.2. The third-order valence-electron chi connectivity index (χ3n) is 2.29. The van der Waals surface area contributed by atoms with Crippen molar-refractivity contribution < 1.29 is 4.79 Å². The molecule has 0 spiro atoms. The highest BCUT2D eigenvalue weighted by Gasteiger charge is 2.07. The Labute approximate surface area is 106 Å². The molecule has 0 saturated heterocycles. The molecule has 3 N–H and O–H groups in total. The van der Waals surface area contributed by atoms with Gasteiger partial charge in [-0.15, -0.1) is 11.3 Å². The maximum absolute atomic E-state index is 11.6. The molecule has 1 aromatic heterocycles. The Morgan fingerprint density at radius 3 is 3.06 bits per heavy atom. The van der Waals surface area contributed by atoms with E-state index in [1.807, 2.05) is 18.4 Å². The predicted molar refractivity (Wildman–Crippen MR) is 70.8 cm³/mol. The van der Waals surface area contributed by atoms with E-state index in [0.717, 1.165) is 10.4 Å². The van der Waals surface area contributed by atoms with E-state index in [-0.39, 0.29) is 6.03 Å². The summed E-state index contributed by atoms with van der Waals surface area (Å²) in [5, 5.41) is 4.81. The average Bonchev–Trinajstić information content (AvgIpc) is 2.79. The van der Waals surface area contributed by atoms with Crippen molar-refractivity contribution in [2.75, 3.05) is 20.1 Å². The Hall–Kier alpha value is -1.51. The van der Waals surface area contributed by atoms with Gasteiger partial charge in [0, 0.05) is 24.0 Å². The van der Waals surface area contributed by atoms with Crippen molar-refractivity contribution in [1.82, 2.24) is 10.2 Å². The van der Waals surface area contributed by atoms with Crippen molar-refractivity contribution in [1.29, 1.82) is 0 Å². The lowest BCUT2D eigenvalue weighted by Crippen LogP contribution is -2.36. The van der Waals surface area contributed by atoms with E-state index in [1.54, 1.807) is 23.3 Å². The van der Waals surface area contributed by atoms with Crippen molar-refractivity contribution in [3.63, 3.8) is 0 Å². The first-order valence-corrected chi connectivity index (χ1v) is 6.31. The summed E-state index contributed by atoms with van der Waals surface area (Å²) in [7, 11) is 1.76. The van der Waals surface area contributed by atoms with Gasteiger partial charge in [0.05, 0.1) is 13.1 Å². The Bertz CT molecular complexity index is 430. The second-order valence-electron chi connectivity index (χ2n) is 3.44. The Balaban J connectivity index is 2.58. The van der Waals surface area contributed by atoms with Crippen molar-refractivity contribution in [2.24, 2.45) is 5.73 Å². The summed E-state index contributed by atoms with van der Waals surface area (Å²) in [6, 6.07) is 1.87. The van der Waals surface area contributed by atoms with E-state index in [2.05, 4.69) is 17.2 Å². The first kappa shape index (κ1) is 13.6. The largest absolute Gasteiger partial charge is 0.333 e. The molecule has 92 valence electrons. The number of carbonyl (C=O) groups is 1. The molecule has 0 aliphatic carbocycles. The third-order valence-corrected chi connectivity index (χ3v) is 3.21. The van der Waals surface area contributed by atoms with E-state index in [0.29, 0.717) is 19.6 Å². The molecule has 1 heterocycles. The van der Waals surface area contributed by atoms with Crippen molar-refractivity contribution >= 4 is 17.4 Å². The number of hydrogen-bond donors (Lipinski definition) is 2. The number of rotatable bonds is 3. The fraction of sp³-hybridized carbons (Fsp3) is 0.417. The van der Waals surface area contributed by atoms with Crippen molar-refractivity contribution in [3.8, 4) is 11.8 Å². The highest BCUT2D eigenvalue weighted by Crippen LogP contribution is 2.15. The number of nitrogens with zero attached hydrogens (tertiary/aromatic N) is 1. The number of thiophene rings is 1. The quantitative estimate of drug-likeness (QED) is 0.794. The molecule has 0 bridgehead atoms. The van der Waals surface area contributed by atoms with Gasteiger partial charge in [-0.2, -0.15) is 0 Å². The molecular weight excluding hydrogens is 234 g/mol. The summed E-state index contributed by atoms with van der Waals surface area (Å²) < 4.78 is 0. The lowest BCUT2D eigenvalue weighted by molar-refractivity contribution is 0.210. The van der Waals surface area contributed by atoms with E-state index in [4.69, 9.17) is 5.73 Å². The summed E-state index contributed by atoms with van der Waals surface area (Å²) >= 11 is 1.58. The van der Waals surface area contributed by atoms with Gasteiger partial charge in [-0.1, -0.05) is 11.8 Å². The molecule has 0 unspecified atom stereocenters. The maximum Gasteiger partial charge on any atom is 0.317 e. The molecule has 0 radical (unpaired) electrons. The zero-order valence-corrected chi connectivity index (χ0v) is 10.9. The Morgan fingerprint density at radius 1 is 1.65 bits per heavy atom. The standard InChI is InChI=1S/C12H17N3OS/c1-3-15(2)12(16)14-9-11-10(5-4-7-13)6-8-17-11/h6,8H,3,7,9,13H2,1-2H3,(H,14,16). The van der Waals surface area contributed by atoms with Crippen molar-refractivity contribution in [3.05, 3.63) is 21.9 Å². The molecule has 0 atom stereocenters. The molecule has 1 aromatic rings. The van der Waals surface area contributed by atoms with Crippen LogP contribution in [0.3, 0.4) is 0 Å². The lowest BCUT2D eigenvalue weighted by Gasteiger charge is -2.15. The second-order valence-corrected chi connectivity index (χ2v) is 4.44. The van der Waals surface area contributed by atoms with E-state index >= 15 is 0 Å². The van der Waals surface area contributed by atoms with Crippen LogP contribution in [0.25, 0.3) is 0 Å². The number of amides is 2. The molecular formula is C12H17N3OS. The third kappa shape index (κ3) is 4.10. The van der Waals surface area contributed by atoms with E-state index in [9.17, 15) is 4.79 Å². The van der Waals surface area contributed by atoms with Gasteiger partial charge >= 0.3 is 6.03 Å². The molecule has 2 amide bonds. The van der Waals surface area contributed by atoms with Gasteiger partial charge in [0.25, 0.3) is 0 Å². The highest BCUT2D eigenvalue weighted by atomic mass is 32.1. The molecule has 17 heavy (non-hydrogen) atoms. The minimum Gasteiger partial charge on any atom is -0.333 e. The number of nitrogens with two attached hydrogens (primary N) is 1. The Morgan fingerprint density at radius 2 is 2.41 bits per heavy atom. The minimum atomic E-state index is -0.0707. The van der Waals surface area contributed by atoms with E-state index < -0.39 is 0 Å². The topological polar surface area (TPSA) is 58.4 Å². The van der Waals surface area contributed by atoms with Gasteiger partial charge in [-0.3, -0.25) is 0 Å². The maximum atomic E-state index is 11.6. The zero-order chi connectivity index (χ0) is 12.7. The van der Waals surface area contributed by atoms with Crippen LogP contribution in [0.5, 0.6) is 0 Å². The lowest BCUT2D eigenvalue weighted by atomic mass is 10.2. The molecule has 0 aromatic carbocycles. The molecule has 4 nitrogen and oxygen atoms in total. The van der Waals surface area contributed by atoms with Crippen LogP contribution in [0.2, 0.25) is 0 Å². The average molecular weight is 251 g/mol. The predicted octanol–water partition coefficient (Wildman–Crippen LogP) is 1.22. The van der Waals surface area contributed by atoms with Crippen LogP contribution in [-0.4, -0.2) is 31.1 Å². The molecule has 1 rings (SSSR count). The molecule has 0 saturated carbocycles. The number of hydrogen-bond acceptors (Lipinski definition) is 3. The SMILES string of the molecule is CCN(C)C(=O)NCc1sccc1C#CCN. The summed E-state index contributed by atoms with van der Waals surface area (Å²) in [5.41, 5.74) is 6.27. The summed E-state index contributed by atoms with van der Waals surface area (Å²) in [6.07, 6.45) is 0. The number of carbonyl (C=O) groups excluding carboxylic acids is 1. The van der Waals surface area contributed by atoms with Crippen LogP contribution in [0.1, 0.15) is 17.4 Å². The fourth-order valence-electron chi connectivity index (χ4n) is 1.17. The van der Waals surface area contributed by atoms with Gasteiger partial charge in [0.2, 0.25) is 0 Å². The summed E-state index contributed by atoms with van der Waals surface area (Å²) in [5.74, 6) is 5.80. The molecule has 0 fully saturated rings. The van der Waals surface area contributed by atoms with Crippen LogP contribution >= 0.6 is 11.3 Å². The zero-order valence-electron chi connectivity index (χ0n) is 10.1. The minimum absolute atomic E-state index is 0.0707. The van der Waals surface area contributed by atoms with Crippen LogP contribution in [-0.2, 0) is 6.54 Å². The van der Waals surface area contributed by atoms with Gasteiger partial charge < -0.3 is 16.0 Å². The van der Waals surface area contributed by atoms with Gasteiger partial charge in [-0.25, -0.2) is 4.79 Å². The molecule has 0 aliphatic rings. The molecule has 0 aliphatic heterocycles. The second kappa shape index (κ2) is 6.94. The van der Waals surface area contributed by atoms with E-state index in [1.165, 1.54) is 0 Å². The monoisotopic (exact) mass is 251 g/mol. The fourth-order valence-corrected chi connectivity index (χ4v) is 1.94.